The van der Waals surface area contributed by atoms with Gasteiger partial charge >= 0.3 is 0 Å². The Morgan fingerprint density at radius 1 is 1.32 bits per heavy atom. The van der Waals surface area contributed by atoms with Gasteiger partial charge in [0.1, 0.15) is 0 Å². The van der Waals surface area contributed by atoms with Crippen molar-refractivity contribution >= 4 is 5.91 Å². The summed E-state index contributed by atoms with van der Waals surface area (Å²) in [7, 11) is 0. The van der Waals surface area contributed by atoms with Crippen molar-refractivity contribution in [3.8, 4) is 0 Å². The number of nitrogen functional groups attached to an aromatic ring is 1. The Balaban J connectivity index is 1.97. The topological polar surface area (TPSA) is 67.6 Å². The molecule has 19 heavy (non-hydrogen) atoms. The summed E-state index contributed by atoms with van der Waals surface area (Å²) in [5.41, 5.74) is 3.90. The van der Waals surface area contributed by atoms with Crippen LogP contribution in [0.4, 0.5) is 0 Å². The third-order valence-electron chi connectivity index (χ3n) is 3.25. The van der Waals surface area contributed by atoms with E-state index in [0.29, 0.717) is 5.56 Å². The van der Waals surface area contributed by atoms with Gasteiger partial charge in [0.05, 0.1) is 12.2 Å². The monoisotopic (exact) mass is 263 g/mol. The zero-order valence-electron chi connectivity index (χ0n) is 11.4. The Morgan fingerprint density at radius 3 is 2.42 bits per heavy atom. The minimum absolute atomic E-state index is 0.264. The molecule has 1 heterocycles. The highest BCUT2D eigenvalue weighted by Gasteiger charge is 2.21. The highest BCUT2D eigenvalue weighted by Crippen LogP contribution is 2.14. The molecule has 3 N–H and O–H groups in total. The van der Waals surface area contributed by atoms with E-state index in [2.05, 4.69) is 24.2 Å². The van der Waals surface area contributed by atoms with E-state index in [-0.39, 0.29) is 18.1 Å². The average Bonchev–Trinajstić information content (AvgIpc) is 2.37. The summed E-state index contributed by atoms with van der Waals surface area (Å²) in [5.74, 6) is 4.84. The van der Waals surface area contributed by atoms with Crippen molar-refractivity contribution in [1.82, 2.24) is 10.3 Å². The van der Waals surface area contributed by atoms with Crippen LogP contribution in [-0.2, 0) is 11.3 Å². The molecule has 5 heteroatoms. The summed E-state index contributed by atoms with van der Waals surface area (Å²) in [5, 5.41) is 0. The van der Waals surface area contributed by atoms with Crippen LogP contribution >= 0.6 is 0 Å². The van der Waals surface area contributed by atoms with Crippen LogP contribution in [0.2, 0.25) is 0 Å². The van der Waals surface area contributed by atoms with Crippen molar-refractivity contribution in [3.63, 3.8) is 0 Å². The van der Waals surface area contributed by atoms with Gasteiger partial charge < -0.3 is 4.74 Å². The van der Waals surface area contributed by atoms with E-state index in [1.54, 1.807) is 12.1 Å². The van der Waals surface area contributed by atoms with Gasteiger partial charge in [-0.25, -0.2) is 5.84 Å². The van der Waals surface area contributed by atoms with Crippen LogP contribution in [-0.4, -0.2) is 36.1 Å². The fourth-order valence-corrected chi connectivity index (χ4v) is 2.52. The van der Waals surface area contributed by atoms with Crippen molar-refractivity contribution in [2.75, 3.05) is 13.1 Å². The van der Waals surface area contributed by atoms with Crippen LogP contribution in [0.25, 0.3) is 0 Å². The molecule has 1 aromatic rings. The predicted octanol–water partition coefficient (Wildman–Crippen LogP) is 0.899. The quantitative estimate of drug-likeness (QED) is 0.483. The Bertz CT molecular complexity index is 423. The van der Waals surface area contributed by atoms with Gasteiger partial charge in [0.2, 0.25) is 0 Å². The molecule has 0 aliphatic carbocycles. The van der Waals surface area contributed by atoms with Crippen molar-refractivity contribution in [2.24, 2.45) is 5.84 Å². The maximum Gasteiger partial charge on any atom is 0.265 e. The first-order chi connectivity index (χ1) is 9.08. The van der Waals surface area contributed by atoms with Crippen LogP contribution in [0.5, 0.6) is 0 Å². The van der Waals surface area contributed by atoms with Crippen molar-refractivity contribution < 1.29 is 9.53 Å². The molecule has 0 radical (unpaired) electrons. The standard InChI is InChI=1S/C14H21N3O2/c1-10-7-17(8-11(2)19-10)9-12-3-5-13(6-4-12)14(18)16-15/h3-6,10-11H,7-9,15H2,1-2H3,(H,16,18)/t10-,11+. The molecule has 1 saturated heterocycles. The van der Waals surface area contributed by atoms with E-state index in [1.165, 1.54) is 5.56 Å². The molecular formula is C14H21N3O2. The molecule has 1 aliphatic heterocycles. The number of amides is 1. The van der Waals surface area contributed by atoms with E-state index >= 15 is 0 Å². The number of hydrogen-bond donors (Lipinski definition) is 2. The third kappa shape index (κ3) is 3.76. The van der Waals surface area contributed by atoms with Crippen LogP contribution in [0.3, 0.4) is 0 Å². The number of carbonyl (C=O) groups is 1. The van der Waals surface area contributed by atoms with Gasteiger partial charge in [0.15, 0.2) is 0 Å². The lowest BCUT2D eigenvalue weighted by Crippen LogP contribution is -2.44. The number of ether oxygens (including phenoxy) is 1. The second-order valence-electron chi connectivity index (χ2n) is 5.12. The Morgan fingerprint density at radius 2 is 1.89 bits per heavy atom. The predicted molar refractivity (Wildman–Crippen MR) is 73.4 cm³/mol. The second-order valence-corrected chi connectivity index (χ2v) is 5.12. The lowest BCUT2D eigenvalue weighted by molar-refractivity contribution is -0.0704. The lowest BCUT2D eigenvalue weighted by atomic mass is 10.1. The fraction of sp³-hybridized carbons (Fsp3) is 0.500. The first-order valence-corrected chi connectivity index (χ1v) is 6.56. The van der Waals surface area contributed by atoms with Crippen molar-refractivity contribution in [2.45, 2.75) is 32.6 Å². The largest absolute Gasteiger partial charge is 0.373 e. The van der Waals surface area contributed by atoms with Crippen LogP contribution < -0.4 is 11.3 Å². The first kappa shape index (κ1) is 14.0. The Hall–Kier alpha value is -1.43. The second kappa shape index (κ2) is 6.14. The molecule has 1 aromatic carbocycles. The van der Waals surface area contributed by atoms with Crippen molar-refractivity contribution in [3.05, 3.63) is 35.4 Å². The molecule has 2 rings (SSSR count). The van der Waals surface area contributed by atoms with Gasteiger partial charge in [0, 0.05) is 25.2 Å². The summed E-state index contributed by atoms with van der Waals surface area (Å²) in [6.07, 6.45) is 0.539. The van der Waals surface area contributed by atoms with Crippen molar-refractivity contribution in [1.29, 1.82) is 0 Å². The molecule has 1 amide bonds. The molecule has 0 bridgehead atoms. The number of benzene rings is 1. The van der Waals surface area contributed by atoms with E-state index < -0.39 is 0 Å². The zero-order valence-corrected chi connectivity index (χ0v) is 11.4. The van der Waals surface area contributed by atoms with E-state index in [0.717, 1.165) is 19.6 Å². The average molecular weight is 263 g/mol. The minimum atomic E-state index is -0.264. The van der Waals surface area contributed by atoms with Gasteiger partial charge in [-0.3, -0.25) is 15.1 Å². The normalized spacial score (nSPS) is 24.2. The van der Waals surface area contributed by atoms with Gasteiger partial charge in [-0.1, -0.05) is 12.1 Å². The highest BCUT2D eigenvalue weighted by molar-refractivity contribution is 5.93. The van der Waals surface area contributed by atoms with Gasteiger partial charge in [-0.05, 0) is 31.5 Å². The van der Waals surface area contributed by atoms with E-state index in [4.69, 9.17) is 10.6 Å². The summed E-state index contributed by atoms with van der Waals surface area (Å²) in [4.78, 5) is 13.7. The lowest BCUT2D eigenvalue weighted by Gasteiger charge is -2.35. The zero-order chi connectivity index (χ0) is 13.8. The molecule has 0 saturated carbocycles. The number of hydrogen-bond acceptors (Lipinski definition) is 4. The number of morpholine rings is 1. The Kier molecular flexibility index (Phi) is 4.52. The van der Waals surface area contributed by atoms with Crippen LogP contribution in [0.15, 0.2) is 24.3 Å². The number of nitrogens with two attached hydrogens (primary N) is 1. The molecule has 0 spiro atoms. The molecule has 0 unspecified atom stereocenters. The summed E-state index contributed by atoms with van der Waals surface area (Å²) in [6, 6.07) is 7.53. The fourth-order valence-electron chi connectivity index (χ4n) is 2.52. The summed E-state index contributed by atoms with van der Waals surface area (Å²) >= 11 is 0. The molecule has 2 atom stereocenters. The highest BCUT2D eigenvalue weighted by atomic mass is 16.5. The van der Waals surface area contributed by atoms with E-state index in [1.807, 2.05) is 12.1 Å². The number of nitrogens with one attached hydrogen (secondary N) is 1. The van der Waals surface area contributed by atoms with Gasteiger partial charge in [-0.2, -0.15) is 0 Å². The maximum absolute atomic E-state index is 11.3. The van der Waals surface area contributed by atoms with Crippen LogP contribution in [0.1, 0.15) is 29.8 Å². The molecular weight excluding hydrogens is 242 g/mol. The SMILES string of the molecule is C[C@@H]1CN(Cc2ccc(C(=O)NN)cc2)C[C@H](C)O1. The Labute approximate surface area is 113 Å². The van der Waals surface area contributed by atoms with Crippen LogP contribution in [0, 0.1) is 0 Å². The van der Waals surface area contributed by atoms with E-state index in [9.17, 15) is 4.79 Å². The molecule has 1 fully saturated rings. The van der Waals surface area contributed by atoms with Gasteiger partial charge in [-0.15, -0.1) is 0 Å². The maximum atomic E-state index is 11.3. The molecule has 104 valence electrons. The first-order valence-electron chi connectivity index (χ1n) is 6.56. The molecule has 1 aliphatic rings. The third-order valence-corrected chi connectivity index (χ3v) is 3.25. The summed E-state index contributed by atoms with van der Waals surface area (Å²) in [6.45, 7) is 6.95. The molecule has 0 aromatic heterocycles. The minimum Gasteiger partial charge on any atom is -0.373 e. The smallest absolute Gasteiger partial charge is 0.265 e. The number of rotatable bonds is 3. The number of hydrazine groups is 1. The number of carbonyl (C=O) groups excluding carboxylic acids is 1. The molecule has 5 nitrogen and oxygen atoms in total. The van der Waals surface area contributed by atoms with Gasteiger partial charge in [0.25, 0.3) is 5.91 Å². The number of nitrogens with zero attached hydrogens (tertiary/aromatic N) is 1. The summed E-state index contributed by atoms with van der Waals surface area (Å²) < 4.78 is 5.71.